The molecule has 2 aromatic rings. The van der Waals surface area contributed by atoms with Crippen LogP contribution < -0.4 is 0 Å². The van der Waals surface area contributed by atoms with Crippen LogP contribution in [0.25, 0.3) is 0 Å². The molecule has 1 aromatic heterocycles. The summed E-state index contributed by atoms with van der Waals surface area (Å²) in [5.74, 6) is -0.349. The van der Waals surface area contributed by atoms with Gasteiger partial charge in [0, 0.05) is 12.4 Å². The molecule has 1 unspecified atom stereocenters. The SMILES string of the molecule is Cc1ccc(C(C#N)c2cnccn2)c(C)c1C. The Morgan fingerprint density at radius 1 is 1.11 bits per heavy atom. The molecular formula is C15H15N3. The van der Waals surface area contributed by atoms with Crippen LogP contribution in [0.1, 0.15) is 33.9 Å². The Hall–Kier alpha value is -2.21. The summed E-state index contributed by atoms with van der Waals surface area (Å²) in [5.41, 5.74) is 5.35. The second-order valence-corrected chi connectivity index (χ2v) is 4.41. The first kappa shape index (κ1) is 12.3. The van der Waals surface area contributed by atoms with Crippen molar-refractivity contribution in [3.8, 4) is 6.07 Å². The lowest BCUT2D eigenvalue weighted by molar-refractivity contribution is 0.928. The fourth-order valence-corrected chi connectivity index (χ4v) is 2.04. The summed E-state index contributed by atoms with van der Waals surface area (Å²) >= 11 is 0. The van der Waals surface area contributed by atoms with Crippen LogP contribution in [0.5, 0.6) is 0 Å². The third-order valence-electron chi connectivity index (χ3n) is 3.42. The Balaban J connectivity index is 2.54. The van der Waals surface area contributed by atoms with Crippen LogP contribution in [0, 0.1) is 32.1 Å². The predicted octanol–water partition coefficient (Wildman–Crippen LogP) is 3.06. The molecule has 0 saturated carbocycles. The van der Waals surface area contributed by atoms with E-state index in [1.807, 2.05) is 6.07 Å². The molecule has 3 nitrogen and oxygen atoms in total. The highest BCUT2D eigenvalue weighted by molar-refractivity contribution is 5.45. The van der Waals surface area contributed by atoms with Gasteiger partial charge in [0.05, 0.1) is 18.0 Å². The largest absolute Gasteiger partial charge is 0.261 e. The van der Waals surface area contributed by atoms with Gasteiger partial charge in [0.15, 0.2) is 0 Å². The fraction of sp³-hybridized carbons (Fsp3) is 0.267. The van der Waals surface area contributed by atoms with Gasteiger partial charge < -0.3 is 0 Å². The van der Waals surface area contributed by atoms with Gasteiger partial charge in [-0.2, -0.15) is 5.26 Å². The maximum absolute atomic E-state index is 9.40. The molecule has 0 aliphatic rings. The first-order valence-corrected chi connectivity index (χ1v) is 5.87. The Bertz CT molecular complexity index is 597. The van der Waals surface area contributed by atoms with Gasteiger partial charge >= 0.3 is 0 Å². The molecule has 1 atom stereocenters. The Kier molecular flexibility index (Phi) is 3.38. The van der Waals surface area contributed by atoms with Crippen LogP contribution in [-0.4, -0.2) is 9.97 Å². The highest BCUT2D eigenvalue weighted by Crippen LogP contribution is 2.27. The van der Waals surface area contributed by atoms with Gasteiger partial charge in [-0.05, 0) is 43.0 Å². The van der Waals surface area contributed by atoms with Crippen LogP contribution in [0.2, 0.25) is 0 Å². The second kappa shape index (κ2) is 4.97. The summed E-state index contributed by atoms with van der Waals surface area (Å²) < 4.78 is 0. The second-order valence-electron chi connectivity index (χ2n) is 4.41. The van der Waals surface area contributed by atoms with Gasteiger partial charge in [-0.25, -0.2) is 0 Å². The maximum Gasteiger partial charge on any atom is 0.115 e. The summed E-state index contributed by atoms with van der Waals surface area (Å²) in [5, 5.41) is 9.40. The molecule has 3 heteroatoms. The first-order valence-electron chi connectivity index (χ1n) is 5.87. The van der Waals surface area contributed by atoms with E-state index in [1.165, 1.54) is 11.1 Å². The molecule has 0 fully saturated rings. The third kappa shape index (κ3) is 2.10. The number of nitrogens with zero attached hydrogens (tertiary/aromatic N) is 3. The minimum absolute atomic E-state index is 0.349. The number of hydrogen-bond acceptors (Lipinski definition) is 3. The fourth-order valence-electron chi connectivity index (χ4n) is 2.04. The van der Waals surface area contributed by atoms with Crippen molar-refractivity contribution in [2.24, 2.45) is 0 Å². The molecule has 90 valence electrons. The zero-order valence-corrected chi connectivity index (χ0v) is 10.8. The van der Waals surface area contributed by atoms with Crippen molar-refractivity contribution < 1.29 is 0 Å². The lowest BCUT2D eigenvalue weighted by Gasteiger charge is -2.15. The van der Waals surface area contributed by atoms with Gasteiger partial charge in [-0.3, -0.25) is 9.97 Å². The molecule has 0 aliphatic heterocycles. The topological polar surface area (TPSA) is 49.6 Å². The molecule has 0 radical (unpaired) electrons. The van der Waals surface area contributed by atoms with E-state index >= 15 is 0 Å². The summed E-state index contributed by atoms with van der Waals surface area (Å²) in [6.07, 6.45) is 4.89. The zero-order valence-electron chi connectivity index (χ0n) is 10.8. The number of rotatable bonds is 2. The van der Waals surface area contributed by atoms with E-state index in [2.05, 4.69) is 42.9 Å². The Labute approximate surface area is 107 Å². The highest BCUT2D eigenvalue weighted by atomic mass is 14.8. The molecule has 1 heterocycles. The number of aromatic nitrogens is 2. The number of aryl methyl sites for hydroxylation is 1. The lowest BCUT2D eigenvalue weighted by Crippen LogP contribution is -2.05. The quantitative estimate of drug-likeness (QED) is 0.806. The first-order chi connectivity index (χ1) is 8.65. The maximum atomic E-state index is 9.40. The van der Waals surface area contributed by atoms with E-state index < -0.39 is 0 Å². The molecule has 0 aliphatic carbocycles. The molecule has 0 N–H and O–H groups in total. The molecule has 0 spiro atoms. The molecule has 1 aromatic carbocycles. The summed E-state index contributed by atoms with van der Waals surface area (Å²) in [7, 11) is 0. The summed E-state index contributed by atoms with van der Waals surface area (Å²) in [6.45, 7) is 6.22. The third-order valence-corrected chi connectivity index (χ3v) is 3.42. The van der Waals surface area contributed by atoms with Crippen LogP contribution in [0.3, 0.4) is 0 Å². The van der Waals surface area contributed by atoms with Gasteiger partial charge in [0.25, 0.3) is 0 Å². The van der Waals surface area contributed by atoms with Crippen LogP contribution >= 0.6 is 0 Å². The minimum atomic E-state index is -0.349. The lowest BCUT2D eigenvalue weighted by atomic mass is 9.89. The molecule has 2 rings (SSSR count). The monoisotopic (exact) mass is 237 g/mol. The smallest absolute Gasteiger partial charge is 0.115 e. The van der Waals surface area contributed by atoms with Crippen LogP contribution in [-0.2, 0) is 0 Å². The van der Waals surface area contributed by atoms with Crippen molar-refractivity contribution in [3.05, 3.63) is 58.7 Å². The van der Waals surface area contributed by atoms with E-state index in [0.29, 0.717) is 5.69 Å². The number of benzene rings is 1. The van der Waals surface area contributed by atoms with E-state index in [9.17, 15) is 5.26 Å². The van der Waals surface area contributed by atoms with Gasteiger partial charge in [0.1, 0.15) is 5.92 Å². The molecule has 0 saturated heterocycles. The Morgan fingerprint density at radius 3 is 2.50 bits per heavy atom. The van der Waals surface area contributed by atoms with Crippen molar-refractivity contribution >= 4 is 0 Å². The average molecular weight is 237 g/mol. The van der Waals surface area contributed by atoms with E-state index in [0.717, 1.165) is 11.1 Å². The van der Waals surface area contributed by atoms with Gasteiger partial charge in [0.2, 0.25) is 0 Å². The van der Waals surface area contributed by atoms with Crippen molar-refractivity contribution in [1.82, 2.24) is 9.97 Å². The van der Waals surface area contributed by atoms with E-state index in [1.54, 1.807) is 18.6 Å². The molecular weight excluding hydrogens is 222 g/mol. The molecule has 0 amide bonds. The van der Waals surface area contributed by atoms with Crippen molar-refractivity contribution in [2.75, 3.05) is 0 Å². The molecule has 0 bridgehead atoms. The average Bonchev–Trinajstić information content (AvgIpc) is 2.41. The number of nitriles is 1. The standard InChI is InChI=1S/C15H15N3/c1-10-4-5-13(12(3)11(10)2)14(8-16)15-9-17-6-7-18-15/h4-7,9,14H,1-3H3. The predicted molar refractivity (Wildman–Crippen MR) is 70.1 cm³/mol. The van der Waals surface area contributed by atoms with Crippen molar-refractivity contribution in [1.29, 1.82) is 5.26 Å². The zero-order chi connectivity index (χ0) is 13.1. The normalized spacial score (nSPS) is 11.9. The van der Waals surface area contributed by atoms with Gasteiger partial charge in [-0.1, -0.05) is 12.1 Å². The van der Waals surface area contributed by atoms with Gasteiger partial charge in [-0.15, -0.1) is 0 Å². The minimum Gasteiger partial charge on any atom is -0.261 e. The molecule has 18 heavy (non-hydrogen) atoms. The Morgan fingerprint density at radius 2 is 1.89 bits per heavy atom. The summed E-state index contributed by atoms with van der Waals surface area (Å²) in [4.78, 5) is 8.27. The van der Waals surface area contributed by atoms with Crippen molar-refractivity contribution in [2.45, 2.75) is 26.7 Å². The number of hydrogen-bond donors (Lipinski definition) is 0. The van der Waals surface area contributed by atoms with Crippen LogP contribution in [0.15, 0.2) is 30.7 Å². The van der Waals surface area contributed by atoms with E-state index in [-0.39, 0.29) is 5.92 Å². The summed E-state index contributed by atoms with van der Waals surface area (Å²) in [6, 6.07) is 6.39. The van der Waals surface area contributed by atoms with Crippen molar-refractivity contribution in [3.63, 3.8) is 0 Å². The highest BCUT2D eigenvalue weighted by Gasteiger charge is 2.18. The van der Waals surface area contributed by atoms with E-state index in [4.69, 9.17) is 0 Å². The van der Waals surface area contributed by atoms with Crippen LogP contribution in [0.4, 0.5) is 0 Å².